The lowest BCUT2D eigenvalue weighted by atomic mass is 10.2. The molecule has 1 aromatic carbocycles. The highest BCUT2D eigenvalue weighted by atomic mass is 16.4. The number of aliphatic imine (C=N–C) groups is 1. The van der Waals surface area contributed by atoms with E-state index in [-0.39, 0.29) is 6.54 Å². The number of carbonyl (C=O) groups excluding carboxylic acids is 1. The summed E-state index contributed by atoms with van der Waals surface area (Å²) in [4.78, 5) is 29.6. The average molecular weight is 277 g/mol. The van der Waals surface area contributed by atoms with Crippen LogP contribution in [0.2, 0.25) is 0 Å². The zero-order chi connectivity index (χ0) is 15.1. The molecule has 6 heteroatoms. The van der Waals surface area contributed by atoms with Gasteiger partial charge < -0.3 is 10.0 Å². The maximum absolute atomic E-state index is 11.9. The molecule has 1 N–H and O–H groups in total. The molecule has 0 bridgehead atoms. The molecule has 0 heterocycles. The lowest BCUT2D eigenvalue weighted by Crippen LogP contribution is -2.41. The predicted octanol–water partition coefficient (Wildman–Crippen LogP) is 1.67. The van der Waals surface area contributed by atoms with E-state index in [9.17, 15) is 14.7 Å². The molecule has 1 aromatic rings. The first kappa shape index (κ1) is 15.7. The normalized spacial score (nSPS) is 12.2. The van der Waals surface area contributed by atoms with E-state index in [1.165, 1.54) is 13.3 Å². The largest absolute Gasteiger partial charge is 0.465 e. The van der Waals surface area contributed by atoms with Gasteiger partial charge in [0, 0.05) is 20.6 Å². The van der Waals surface area contributed by atoms with Crippen LogP contribution in [0.25, 0.3) is 0 Å². The Labute approximate surface area is 118 Å². The van der Waals surface area contributed by atoms with E-state index in [1.54, 1.807) is 19.0 Å². The van der Waals surface area contributed by atoms with Crippen molar-refractivity contribution in [2.75, 3.05) is 14.1 Å². The van der Waals surface area contributed by atoms with Crippen LogP contribution in [-0.2, 0) is 11.3 Å². The van der Waals surface area contributed by atoms with Gasteiger partial charge in [0.2, 0.25) is 0 Å². The third kappa shape index (κ3) is 4.72. The molecule has 1 atom stereocenters. The van der Waals surface area contributed by atoms with Crippen molar-refractivity contribution in [3.63, 3.8) is 0 Å². The molecular formula is C14H19N3O3. The van der Waals surface area contributed by atoms with Crippen molar-refractivity contribution in [1.82, 2.24) is 9.80 Å². The van der Waals surface area contributed by atoms with Gasteiger partial charge in [0.05, 0.1) is 6.34 Å². The Hall–Kier alpha value is -2.37. The minimum Gasteiger partial charge on any atom is -0.465 e. The van der Waals surface area contributed by atoms with Crippen LogP contribution in [0.5, 0.6) is 0 Å². The zero-order valence-corrected chi connectivity index (χ0v) is 11.9. The van der Waals surface area contributed by atoms with Gasteiger partial charge in [-0.05, 0) is 12.5 Å². The smallest absolute Gasteiger partial charge is 0.408 e. The minimum atomic E-state index is -1.14. The summed E-state index contributed by atoms with van der Waals surface area (Å²) in [5.41, 5.74) is 0.825. The van der Waals surface area contributed by atoms with Gasteiger partial charge in [0.1, 0.15) is 6.04 Å². The van der Waals surface area contributed by atoms with Crippen LogP contribution in [0, 0.1) is 0 Å². The average Bonchev–Trinajstić information content (AvgIpc) is 2.42. The van der Waals surface area contributed by atoms with Gasteiger partial charge in [-0.25, -0.2) is 9.79 Å². The van der Waals surface area contributed by atoms with Crippen LogP contribution in [0.1, 0.15) is 12.5 Å². The first-order valence-electron chi connectivity index (χ1n) is 6.19. The van der Waals surface area contributed by atoms with Crippen molar-refractivity contribution in [3.8, 4) is 0 Å². The fourth-order valence-corrected chi connectivity index (χ4v) is 1.56. The van der Waals surface area contributed by atoms with Crippen LogP contribution in [-0.4, -0.2) is 53.4 Å². The SMILES string of the molecule is C[C@@H](C(=O)N=CN(C)C)N(Cc1ccccc1)C(=O)O. The summed E-state index contributed by atoms with van der Waals surface area (Å²) in [6, 6.07) is 8.30. The molecular weight excluding hydrogens is 258 g/mol. The second kappa shape index (κ2) is 7.28. The molecule has 0 aliphatic heterocycles. The second-order valence-corrected chi connectivity index (χ2v) is 4.62. The Kier molecular flexibility index (Phi) is 5.71. The molecule has 0 saturated heterocycles. The highest BCUT2D eigenvalue weighted by molar-refractivity contribution is 5.90. The molecule has 2 amide bonds. The Bertz CT molecular complexity index is 486. The van der Waals surface area contributed by atoms with E-state index in [0.717, 1.165) is 10.5 Å². The molecule has 108 valence electrons. The van der Waals surface area contributed by atoms with Gasteiger partial charge in [0.25, 0.3) is 5.91 Å². The molecule has 0 unspecified atom stereocenters. The van der Waals surface area contributed by atoms with E-state index >= 15 is 0 Å². The number of amides is 2. The van der Waals surface area contributed by atoms with E-state index in [0.29, 0.717) is 0 Å². The summed E-state index contributed by atoms with van der Waals surface area (Å²) < 4.78 is 0. The van der Waals surface area contributed by atoms with E-state index < -0.39 is 18.0 Å². The molecule has 0 aliphatic rings. The maximum Gasteiger partial charge on any atom is 0.408 e. The lowest BCUT2D eigenvalue weighted by Gasteiger charge is -2.24. The van der Waals surface area contributed by atoms with Crippen molar-refractivity contribution in [1.29, 1.82) is 0 Å². The van der Waals surface area contributed by atoms with Crippen LogP contribution in [0.3, 0.4) is 0 Å². The van der Waals surface area contributed by atoms with Crippen molar-refractivity contribution < 1.29 is 14.7 Å². The van der Waals surface area contributed by atoms with Gasteiger partial charge in [-0.2, -0.15) is 0 Å². The number of nitrogens with zero attached hydrogens (tertiary/aromatic N) is 3. The van der Waals surface area contributed by atoms with Gasteiger partial charge in [0.15, 0.2) is 0 Å². The molecule has 6 nitrogen and oxygen atoms in total. The number of carbonyl (C=O) groups is 2. The number of carboxylic acid groups (broad SMARTS) is 1. The van der Waals surface area contributed by atoms with Gasteiger partial charge in [-0.15, -0.1) is 0 Å². The van der Waals surface area contributed by atoms with E-state index in [1.807, 2.05) is 30.3 Å². The first-order valence-corrected chi connectivity index (χ1v) is 6.19. The van der Waals surface area contributed by atoms with E-state index in [4.69, 9.17) is 0 Å². The standard InChI is InChI=1S/C14H19N3O3/c1-11(13(18)15-10-16(2)3)17(14(19)20)9-12-7-5-4-6-8-12/h4-8,10-11H,9H2,1-3H3,(H,19,20)/t11-/m0/s1. The third-order valence-corrected chi connectivity index (χ3v) is 2.68. The van der Waals surface area contributed by atoms with Gasteiger partial charge in [-0.1, -0.05) is 30.3 Å². The summed E-state index contributed by atoms with van der Waals surface area (Å²) in [5.74, 6) is -0.489. The highest BCUT2D eigenvalue weighted by Crippen LogP contribution is 2.09. The molecule has 0 radical (unpaired) electrons. The quantitative estimate of drug-likeness (QED) is 0.656. The highest BCUT2D eigenvalue weighted by Gasteiger charge is 2.25. The summed E-state index contributed by atoms with van der Waals surface area (Å²) in [7, 11) is 3.47. The molecule has 0 aliphatic carbocycles. The summed E-state index contributed by atoms with van der Waals surface area (Å²) in [6.07, 6.45) is 0.219. The Morgan fingerprint density at radius 3 is 2.40 bits per heavy atom. The van der Waals surface area contributed by atoms with Gasteiger partial charge >= 0.3 is 6.09 Å². The second-order valence-electron chi connectivity index (χ2n) is 4.62. The molecule has 20 heavy (non-hydrogen) atoms. The Balaban J connectivity index is 2.80. The number of hydrogen-bond donors (Lipinski definition) is 1. The topological polar surface area (TPSA) is 73.2 Å². The fraction of sp³-hybridized carbons (Fsp3) is 0.357. The number of hydrogen-bond acceptors (Lipinski definition) is 2. The first-order chi connectivity index (χ1) is 9.41. The lowest BCUT2D eigenvalue weighted by molar-refractivity contribution is -0.122. The minimum absolute atomic E-state index is 0.153. The number of benzene rings is 1. The monoisotopic (exact) mass is 277 g/mol. The Morgan fingerprint density at radius 1 is 1.30 bits per heavy atom. The zero-order valence-electron chi connectivity index (χ0n) is 11.9. The summed E-state index contributed by atoms with van der Waals surface area (Å²) in [6.45, 7) is 1.69. The molecule has 1 rings (SSSR count). The molecule has 0 saturated carbocycles. The van der Waals surface area contributed by atoms with Crippen molar-refractivity contribution in [2.45, 2.75) is 19.5 Å². The summed E-state index contributed by atoms with van der Waals surface area (Å²) in [5, 5.41) is 9.24. The molecule has 0 fully saturated rings. The Morgan fingerprint density at radius 2 is 1.90 bits per heavy atom. The van der Waals surface area contributed by atoms with Crippen molar-refractivity contribution in [2.24, 2.45) is 4.99 Å². The fourth-order valence-electron chi connectivity index (χ4n) is 1.56. The summed E-state index contributed by atoms with van der Waals surface area (Å²) >= 11 is 0. The van der Waals surface area contributed by atoms with Crippen LogP contribution in [0.15, 0.2) is 35.3 Å². The van der Waals surface area contributed by atoms with Crippen LogP contribution < -0.4 is 0 Å². The van der Waals surface area contributed by atoms with E-state index in [2.05, 4.69) is 4.99 Å². The van der Waals surface area contributed by atoms with Crippen LogP contribution in [0.4, 0.5) is 4.79 Å². The molecule has 0 aromatic heterocycles. The number of rotatable bonds is 5. The third-order valence-electron chi connectivity index (χ3n) is 2.68. The van der Waals surface area contributed by atoms with Crippen molar-refractivity contribution in [3.05, 3.63) is 35.9 Å². The van der Waals surface area contributed by atoms with Crippen LogP contribution >= 0.6 is 0 Å². The molecule has 0 spiro atoms. The van der Waals surface area contributed by atoms with Crippen molar-refractivity contribution >= 4 is 18.3 Å². The maximum atomic E-state index is 11.9. The predicted molar refractivity (Wildman–Crippen MR) is 76.7 cm³/mol. The van der Waals surface area contributed by atoms with Gasteiger partial charge in [-0.3, -0.25) is 9.69 Å².